The van der Waals surface area contributed by atoms with E-state index in [1.54, 1.807) is 43.7 Å². The predicted molar refractivity (Wildman–Crippen MR) is 99.2 cm³/mol. The monoisotopic (exact) mass is 362 g/mol. The number of aromatic nitrogens is 2. The number of hydrogen-bond donors (Lipinski definition) is 1. The summed E-state index contributed by atoms with van der Waals surface area (Å²) in [5.41, 5.74) is 0.332. The van der Waals surface area contributed by atoms with Crippen molar-refractivity contribution in [3.63, 3.8) is 0 Å². The Bertz CT molecular complexity index is 758. The average Bonchev–Trinajstić information content (AvgIpc) is 3.09. The molecule has 0 aliphatic heterocycles. The number of allylic oxidation sites excluding steroid dienone is 4. The Balaban J connectivity index is 0.000000487. The van der Waals surface area contributed by atoms with Crippen LogP contribution < -0.4 is 0 Å². The van der Waals surface area contributed by atoms with E-state index < -0.39 is 11.7 Å². The van der Waals surface area contributed by atoms with Gasteiger partial charge in [-0.15, -0.1) is 6.58 Å². The van der Waals surface area contributed by atoms with Crippen LogP contribution in [0.3, 0.4) is 0 Å². The van der Waals surface area contributed by atoms with Crippen molar-refractivity contribution >= 4 is 6.08 Å². The maximum atomic E-state index is 12.6. The van der Waals surface area contributed by atoms with Gasteiger partial charge >= 0.3 is 6.18 Å². The SMILES string of the molecule is C=C/C=C/OC.C=CC/C=C/c1ncc(-c2cccc(C(F)(F)F)c2)[nH]1. The number of halogens is 3. The first kappa shape index (κ1) is 21.0. The molecule has 0 amide bonds. The summed E-state index contributed by atoms with van der Waals surface area (Å²) < 4.78 is 42.5. The highest BCUT2D eigenvalue weighted by Gasteiger charge is 2.30. The fourth-order valence-electron chi connectivity index (χ4n) is 1.84. The van der Waals surface area contributed by atoms with Crippen LogP contribution in [0.25, 0.3) is 17.3 Å². The molecule has 0 atom stereocenters. The maximum absolute atomic E-state index is 12.6. The van der Waals surface area contributed by atoms with Gasteiger partial charge in [0.1, 0.15) is 5.82 Å². The fraction of sp³-hybridized carbons (Fsp3) is 0.150. The van der Waals surface area contributed by atoms with E-state index in [0.717, 1.165) is 12.1 Å². The third kappa shape index (κ3) is 7.25. The van der Waals surface area contributed by atoms with Gasteiger partial charge in [-0.1, -0.05) is 36.9 Å². The van der Waals surface area contributed by atoms with Crippen LogP contribution in [0, 0.1) is 0 Å². The molecule has 0 radical (unpaired) electrons. The molecule has 0 aliphatic carbocycles. The van der Waals surface area contributed by atoms with Gasteiger partial charge in [0, 0.05) is 5.56 Å². The summed E-state index contributed by atoms with van der Waals surface area (Å²) in [5.74, 6) is 0.597. The van der Waals surface area contributed by atoms with Crippen molar-refractivity contribution in [1.82, 2.24) is 9.97 Å². The molecule has 0 spiro atoms. The molecule has 0 saturated heterocycles. The van der Waals surface area contributed by atoms with Gasteiger partial charge in [-0.3, -0.25) is 0 Å². The summed E-state index contributed by atoms with van der Waals surface area (Å²) in [5, 5.41) is 0. The van der Waals surface area contributed by atoms with Gasteiger partial charge in [-0.05, 0) is 30.7 Å². The minimum Gasteiger partial charge on any atom is -0.504 e. The van der Waals surface area contributed by atoms with E-state index in [0.29, 0.717) is 23.5 Å². The van der Waals surface area contributed by atoms with Crippen LogP contribution >= 0.6 is 0 Å². The summed E-state index contributed by atoms with van der Waals surface area (Å²) in [6.07, 6.45) is 8.19. The molecule has 1 aromatic heterocycles. The number of nitrogens with one attached hydrogen (secondary N) is 1. The normalized spacial score (nSPS) is 11.2. The molecule has 138 valence electrons. The van der Waals surface area contributed by atoms with E-state index >= 15 is 0 Å². The van der Waals surface area contributed by atoms with Crippen molar-refractivity contribution < 1.29 is 17.9 Å². The van der Waals surface area contributed by atoms with Crippen LogP contribution in [0.4, 0.5) is 13.2 Å². The first-order valence-corrected chi connectivity index (χ1v) is 7.72. The Morgan fingerprint density at radius 2 is 2.04 bits per heavy atom. The first-order valence-electron chi connectivity index (χ1n) is 7.72. The van der Waals surface area contributed by atoms with Crippen molar-refractivity contribution in [2.75, 3.05) is 7.11 Å². The van der Waals surface area contributed by atoms with Crippen LogP contribution in [-0.2, 0) is 10.9 Å². The molecule has 0 aliphatic rings. The number of nitrogens with zero attached hydrogens (tertiary/aromatic N) is 1. The van der Waals surface area contributed by atoms with Crippen LogP contribution in [-0.4, -0.2) is 17.1 Å². The van der Waals surface area contributed by atoms with E-state index in [1.165, 1.54) is 12.3 Å². The standard InChI is InChI=1S/C15H13F3N2.C5H8O/c1-2-3-4-8-14-19-10-13(20-14)11-6-5-7-12(9-11)15(16,17)18;1-3-4-5-6-2/h2,4-10H,1,3H2,(H,19,20);3-5H,1H2,2H3/b8-4+;5-4+. The van der Waals surface area contributed by atoms with E-state index in [9.17, 15) is 13.2 Å². The van der Waals surface area contributed by atoms with Gasteiger partial charge in [0.25, 0.3) is 0 Å². The second-order valence-corrected chi connectivity index (χ2v) is 4.99. The Kier molecular flexibility index (Phi) is 8.70. The number of ether oxygens (including phenoxy) is 1. The molecule has 0 saturated carbocycles. The minimum absolute atomic E-state index is 0.454. The lowest BCUT2D eigenvalue weighted by molar-refractivity contribution is -0.137. The van der Waals surface area contributed by atoms with Gasteiger partial charge in [0.15, 0.2) is 0 Å². The second kappa shape index (κ2) is 10.8. The van der Waals surface area contributed by atoms with Gasteiger partial charge in [-0.2, -0.15) is 13.2 Å². The third-order valence-electron chi connectivity index (χ3n) is 3.03. The van der Waals surface area contributed by atoms with Crippen molar-refractivity contribution in [3.8, 4) is 11.3 Å². The molecule has 6 heteroatoms. The number of aromatic amines is 1. The number of H-pyrrole nitrogens is 1. The number of alkyl halides is 3. The summed E-state index contributed by atoms with van der Waals surface area (Å²) in [7, 11) is 1.60. The van der Waals surface area contributed by atoms with Crippen LogP contribution in [0.15, 0.2) is 74.2 Å². The topological polar surface area (TPSA) is 37.9 Å². The molecule has 3 nitrogen and oxygen atoms in total. The Morgan fingerprint density at radius 1 is 1.27 bits per heavy atom. The van der Waals surface area contributed by atoms with Crippen LogP contribution in [0.1, 0.15) is 17.8 Å². The smallest absolute Gasteiger partial charge is 0.416 e. The van der Waals surface area contributed by atoms with Gasteiger partial charge in [0.05, 0.1) is 30.8 Å². The average molecular weight is 362 g/mol. The predicted octanol–water partition coefficient (Wildman–Crippen LogP) is 6.02. The third-order valence-corrected chi connectivity index (χ3v) is 3.03. The molecule has 26 heavy (non-hydrogen) atoms. The molecular formula is C20H21F3N2O. The molecule has 2 aromatic rings. The molecule has 2 rings (SSSR count). The zero-order chi connectivity index (χ0) is 19.4. The number of hydrogen-bond acceptors (Lipinski definition) is 2. The van der Waals surface area contributed by atoms with Crippen LogP contribution in [0.2, 0.25) is 0 Å². The zero-order valence-corrected chi connectivity index (χ0v) is 14.5. The zero-order valence-electron chi connectivity index (χ0n) is 14.5. The van der Waals surface area contributed by atoms with E-state index in [1.807, 2.05) is 6.08 Å². The lowest BCUT2D eigenvalue weighted by atomic mass is 10.1. The van der Waals surface area contributed by atoms with Crippen molar-refractivity contribution in [2.24, 2.45) is 0 Å². The Hall–Kier alpha value is -3.02. The largest absolute Gasteiger partial charge is 0.504 e. The highest BCUT2D eigenvalue weighted by molar-refractivity contribution is 5.61. The fourth-order valence-corrected chi connectivity index (χ4v) is 1.84. The molecule has 0 fully saturated rings. The highest BCUT2D eigenvalue weighted by atomic mass is 19.4. The quantitative estimate of drug-likeness (QED) is 0.388. The molecule has 0 bridgehead atoms. The molecule has 1 heterocycles. The highest BCUT2D eigenvalue weighted by Crippen LogP contribution is 2.31. The number of methoxy groups -OCH3 is 1. The lowest BCUT2D eigenvalue weighted by Crippen LogP contribution is -2.04. The molecular weight excluding hydrogens is 341 g/mol. The van der Waals surface area contributed by atoms with Crippen molar-refractivity contribution in [1.29, 1.82) is 0 Å². The Labute approximate surface area is 151 Å². The molecule has 1 N–H and O–H groups in total. The van der Waals surface area contributed by atoms with Crippen LogP contribution in [0.5, 0.6) is 0 Å². The van der Waals surface area contributed by atoms with E-state index in [4.69, 9.17) is 0 Å². The van der Waals surface area contributed by atoms with Crippen molar-refractivity contribution in [3.05, 3.63) is 85.6 Å². The molecule has 0 unspecified atom stereocenters. The summed E-state index contributed by atoms with van der Waals surface area (Å²) in [4.78, 5) is 7.07. The lowest BCUT2D eigenvalue weighted by Gasteiger charge is -2.07. The summed E-state index contributed by atoms with van der Waals surface area (Å²) in [6.45, 7) is 7.02. The molecule has 1 aromatic carbocycles. The number of imidazole rings is 1. The van der Waals surface area contributed by atoms with Gasteiger partial charge < -0.3 is 9.72 Å². The first-order chi connectivity index (χ1) is 12.4. The Morgan fingerprint density at radius 3 is 2.62 bits per heavy atom. The number of benzene rings is 1. The second-order valence-electron chi connectivity index (χ2n) is 4.99. The maximum Gasteiger partial charge on any atom is 0.416 e. The number of rotatable bonds is 6. The van der Waals surface area contributed by atoms with Gasteiger partial charge in [-0.25, -0.2) is 4.98 Å². The van der Waals surface area contributed by atoms with E-state index in [-0.39, 0.29) is 0 Å². The van der Waals surface area contributed by atoms with Crippen molar-refractivity contribution in [2.45, 2.75) is 12.6 Å². The van der Waals surface area contributed by atoms with Gasteiger partial charge in [0.2, 0.25) is 0 Å². The summed E-state index contributed by atoms with van der Waals surface area (Å²) in [6, 6.07) is 5.14. The minimum atomic E-state index is -4.34. The summed E-state index contributed by atoms with van der Waals surface area (Å²) >= 11 is 0. The van der Waals surface area contributed by atoms with E-state index in [2.05, 4.69) is 27.9 Å².